The quantitative estimate of drug-likeness (QED) is 0.904. The van der Waals surface area contributed by atoms with Crippen LogP contribution in [-0.4, -0.2) is 4.98 Å². The molecule has 0 amide bonds. The molecule has 2 atom stereocenters. The van der Waals surface area contributed by atoms with Gasteiger partial charge in [-0.1, -0.05) is 17.7 Å². The lowest BCUT2D eigenvalue weighted by Gasteiger charge is -2.18. The van der Waals surface area contributed by atoms with Gasteiger partial charge in [0.2, 0.25) is 0 Å². The minimum Gasteiger partial charge on any atom is -0.301 e. The van der Waals surface area contributed by atoms with Gasteiger partial charge < -0.3 is 5.32 Å². The molecule has 0 bridgehead atoms. The summed E-state index contributed by atoms with van der Waals surface area (Å²) < 4.78 is 0. The molecule has 0 saturated carbocycles. The summed E-state index contributed by atoms with van der Waals surface area (Å²) in [5.41, 5.74) is 2.78. The summed E-state index contributed by atoms with van der Waals surface area (Å²) in [6.45, 7) is 4.28. The topological polar surface area (TPSA) is 24.9 Å². The molecule has 3 rings (SSSR count). The first-order valence-corrected chi connectivity index (χ1v) is 7.79. The summed E-state index contributed by atoms with van der Waals surface area (Å²) in [6, 6.07) is 6.95. The summed E-state index contributed by atoms with van der Waals surface area (Å²) in [4.78, 5) is 5.73. The van der Waals surface area contributed by atoms with Crippen molar-refractivity contribution in [3.8, 4) is 0 Å². The molecular weight excluding hydrogens is 276 g/mol. The standard InChI is InChI=1S/C15H17ClN2S/c1-9-8-17-15(19-9)10(2)18-14-6-3-11-7-12(16)4-5-13(11)14/h4-5,7-8,10,14,18H,3,6H2,1-2H3/t10-,14+/m1/s1. The smallest absolute Gasteiger partial charge is 0.109 e. The summed E-state index contributed by atoms with van der Waals surface area (Å²) in [7, 11) is 0. The zero-order valence-electron chi connectivity index (χ0n) is 11.1. The van der Waals surface area contributed by atoms with Crippen LogP contribution in [0.4, 0.5) is 0 Å². The second-order valence-corrected chi connectivity index (χ2v) is 6.83. The fraction of sp³-hybridized carbons (Fsp3) is 0.400. The zero-order valence-corrected chi connectivity index (χ0v) is 12.7. The molecule has 4 heteroatoms. The Hall–Kier alpha value is -0.900. The fourth-order valence-corrected chi connectivity index (χ4v) is 3.68. The number of aromatic nitrogens is 1. The first-order chi connectivity index (χ1) is 9.13. The van der Waals surface area contributed by atoms with E-state index in [1.165, 1.54) is 21.0 Å². The second kappa shape index (κ2) is 5.23. The van der Waals surface area contributed by atoms with E-state index in [0.717, 1.165) is 17.9 Å². The number of fused-ring (bicyclic) bond motifs is 1. The van der Waals surface area contributed by atoms with Crippen LogP contribution >= 0.6 is 22.9 Å². The third kappa shape index (κ3) is 2.69. The van der Waals surface area contributed by atoms with Crippen LogP contribution in [0.1, 0.15) is 46.4 Å². The van der Waals surface area contributed by atoms with Crippen molar-refractivity contribution in [2.24, 2.45) is 0 Å². The van der Waals surface area contributed by atoms with E-state index in [-0.39, 0.29) is 0 Å². The van der Waals surface area contributed by atoms with Crippen molar-refractivity contribution >= 4 is 22.9 Å². The van der Waals surface area contributed by atoms with E-state index in [0.29, 0.717) is 12.1 Å². The minimum atomic E-state index is 0.297. The van der Waals surface area contributed by atoms with Gasteiger partial charge in [0.25, 0.3) is 0 Å². The summed E-state index contributed by atoms with van der Waals surface area (Å²) in [6.07, 6.45) is 4.20. The highest BCUT2D eigenvalue weighted by Crippen LogP contribution is 2.34. The van der Waals surface area contributed by atoms with E-state index in [1.807, 2.05) is 12.3 Å². The van der Waals surface area contributed by atoms with Gasteiger partial charge in [-0.15, -0.1) is 11.3 Å². The molecule has 0 fully saturated rings. The average molecular weight is 293 g/mol. The predicted molar refractivity (Wildman–Crippen MR) is 80.9 cm³/mol. The maximum absolute atomic E-state index is 6.05. The van der Waals surface area contributed by atoms with E-state index in [2.05, 4.69) is 36.3 Å². The molecule has 1 aromatic carbocycles. The van der Waals surface area contributed by atoms with Crippen LogP contribution in [-0.2, 0) is 6.42 Å². The zero-order chi connectivity index (χ0) is 13.4. The maximum atomic E-state index is 6.05. The van der Waals surface area contributed by atoms with Crippen LogP contribution in [0.25, 0.3) is 0 Å². The summed E-state index contributed by atoms with van der Waals surface area (Å²) in [5, 5.41) is 5.69. The average Bonchev–Trinajstić information content (AvgIpc) is 2.96. The highest BCUT2D eigenvalue weighted by molar-refractivity contribution is 7.11. The van der Waals surface area contributed by atoms with Gasteiger partial charge in [-0.05, 0) is 49.9 Å². The van der Waals surface area contributed by atoms with Gasteiger partial charge in [-0.2, -0.15) is 0 Å². The van der Waals surface area contributed by atoms with Crippen molar-refractivity contribution in [2.75, 3.05) is 0 Å². The van der Waals surface area contributed by atoms with Crippen molar-refractivity contribution in [3.05, 3.63) is 50.4 Å². The lowest BCUT2D eigenvalue weighted by atomic mass is 10.1. The van der Waals surface area contributed by atoms with Crippen LogP contribution in [0.15, 0.2) is 24.4 Å². The number of hydrogen-bond donors (Lipinski definition) is 1. The number of halogens is 1. The van der Waals surface area contributed by atoms with Crippen LogP contribution in [0.5, 0.6) is 0 Å². The van der Waals surface area contributed by atoms with E-state index in [4.69, 9.17) is 11.6 Å². The molecule has 1 aromatic heterocycles. The normalized spacial score (nSPS) is 19.4. The molecule has 0 aliphatic heterocycles. The highest BCUT2D eigenvalue weighted by atomic mass is 35.5. The third-order valence-electron chi connectivity index (χ3n) is 3.64. The first kappa shape index (κ1) is 13.1. The molecule has 100 valence electrons. The molecule has 19 heavy (non-hydrogen) atoms. The lowest BCUT2D eigenvalue weighted by molar-refractivity contribution is 0.464. The Balaban J connectivity index is 1.76. The largest absolute Gasteiger partial charge is 0.301 e. The Morgan fingerprint density at radius 1 is 1.47 bits per heavy atom. The van der Waals surface area contributed by atoms with E-state index >= 15 is 0 Å². The Bertz CT molecular complexity index is 594. The van der Waals surface area contributed by atoms with E-state index in [9.17, 15) is 0 Å². The van der Waals surface area contributed by atoms with Crippen LogP contribution in [0, 0.1) is 6.92 Å². The van der Waals surface area contributed by atoms with E-state index < -0.39 is 0 Å². The molecule has 2 aromatic rings. The number of rotatable bonds is 3. The number of nitrogens with zero attached hydrogens (tertiary/aromatic N) is 1. The lowest BCUT2D eigenvalue weighted by Crippen LogP contribution is -2.22. The SMILES string of the molecule is Cc1cnc([C@@H](C)N[C@H]2CCc3cc(Cl)ccc32)s1. The molecule has 1 N–H and O–H groups in total. The van der Waals surface area contributed by atoms with Gasteiger partial charge in [0, 0.05) is 22.1 Å². The predicted octanol–water partition coefficient (Wildman–Crippen LogP) is 4.44. The minimum absolute atomic E-state index is 0.297. The molecule has 0 spiro atoms. The molecule has 1 aliphatic carbocycles. The Morgan fingerprint density at radius 2 is 2.32 bits per heavy atom. The van der Waals surface area contributed by atoms with Gasteiger partial charge in [0.05, 0.1) is 6.04 Å². The fourth-order valence-electron chi connectivity index (χ4n) is 2.70. The number of hydrogen-bond acceptors (Lipinski definition) is 3. The molecule has 0 unspecified atom stereocenters. The highest BCUT2D eigenvalue weighted by Gasteiger charge is 2.24. The van der Waals surface area contributed by atoms with Crippen LogP contribution < -0.4 is 5.32 Å². The van der Waals surface area contributed by atoms with Crippen LogP contribution in [0.2, 0.25) is 5.02 Å². The van der Waals surface area contributed by atoms with Gasteiger partial charge in [-0.3, -0.25) is 0 Å². The van der Waals surface area contributed by atoms with Crippen molar-refractivity contribution in [1.29, 1.82) is 0 Å². The third-order valence-corrected chi connectivity index (χ3v) is 4.97. The molecule has 1 aliphatic rings. The number of nitrogens with one attached hydrogen (secondary N) is 1. The van der Waals surface area contributed by atoms with Gasteiger partial charge in [0.15, 0.2) is 0 Å². The Labute approximate surface area is 122 Å². The number of aryl methyl sites for hydroxylation is 2. The second-order valence-electron chi connectivity index (χ2n) is 5.13. The molecule has 0 saturated heterocycles. The molecule has 2 nitrogen and oxygen atoms in total. The first-order valence-electron chi connectivity index (χ1n) is 6.60. The monoisotopic (exact) mass is 292 g/mol. The van der Waals surface area contributed by atoms with Gasteiger partial charge in [-0.25, -0.2) is 4.98 Å². The number of benzene rings is 1. The summed E-state index contributed by atoms with van der Waals surface area (Å²) in [5.74, 6) is 0. The molecular formula is C15H17ClN2S. The summed E-state index contributed by atoms with van der Waals surface area (Å²) >= 11 is 7.81. The Kier molecular flexibility index (Phi) is 3.61. The van der Waals surface area contributed by atoms with Gasteiger partial charge in [0.1, 0.15) is 5.01 Å². The van der Waals surface area contributed by atoms with Crippen molar-refractivity contribution in [3.63, 3.8) is 0 Å². The molecule has 1 heterocycles. The maximum Gasteiger partial charge on any atom is 0.109 e. The number of thiazole rings is 1. The van der Waals surface area contributed by atoms with Crippen molar-refractivity contribution in [1.82, 2.24) is 10.3 Å². The van der Waals surface area contributed by atoms with E-state index in [1.54, 1.807) is 11.3 Å². The Morgan fingerprint density at radius 3 is 3.05 bits per heavy atom. The van der Waals surface area contributed by atoms with Crippen molar-refractivity contribution in [2.45, 2.75) is 38.8 Å². The molecule has 0 radical (unpaired) electrons. The van der Waals surface area contributed by atoms with Gasteiger partial charge >= 0.3 is 0 Å². The van der Waals surface area contributed by atoms with Crippen LogP contribution in [0.3, 0.4) is 0 Å². The van der Waals surface area contributed by atoms with Crippen molar-refractivity contribution < 1.29 is 0 Å².